The number of likely N-dealkylation sites (N-methyl/N-ethyl adjacent to an activating group) is 1. The van der Waals surface area contributed by atoms with E-state index in [0.717, 1.165) is 0 Å². The van der Waals surface area contributed by atoms with Crippen LogP contribution < -0.4 is 20.3 Å². The average Bonchev–Trinajstić information content (AvgIpc) is 2.80. The summed E-state index contributed by atoms with van der Waals surface area (Å²) in [5.41, 5.74) is -0.0709. The fourth-order valence-corrected chi connectivity index (χ4v) is 5.07. The van der Waals surface area contributed by atoms with E-state index in [-0.39, 0.29) is 36.4 Å². The van der Waals surface area contributed by atoms with Gasteiger partial charge in [0.05, 0.1) is 31.2 Å². The summed E-state index contributed by atoms with van der Waals surface area (Å²) in [4.78, 5) is 24.9. The third kappa shape index (κ3) is 5.99. The highest BCUT2D eigenvalue weighted by Crippen LogP contribution is 2.22. The van der Waals surface area contributed by atoms with Gasteiger partial charge in [0.15, 0.2) is 22.9 Å². The smallest absolute Gasteiger partial charge is 0.279 e. The van der Waals surface area contributed by atoms with Crippen LogP contribution in [0.15, 0.2) is 24.3 Å². The number of sulfone groups is 1. The molecule has 144 valence electrons. The van der Waals surface area contributed by atoms with Crippen molar-refractivity contribution in [3.63, 3.8) is 0 Å². The summed E-state index contributed by atoms with van der Waals surface area (Å²) >= 11 is 0. The molecule has 1 heterocycles. The van der Waals surface area contributed by atoms with E-state index in [1.807, 2.05) is 0 Å². The Morgan fingerprint density at radius 1 is 1.19 bits per heavy atom. The second-order valence-corrected chi connectivity index (χ2v) is 9.22. The molecule has 1 aliphatic heterocycles. The van der Waals surface area contributed by atoms with Crippen molar-refractivity contribution in [2.75, 3.05) is 44.1 Å². The largest absolute Gasteiger partial charge is 0.497 e. The normalized spacial score (nSPS) is 22.4. The molecule has 1 saturated heterocycles. The molecule has 2 amide bonds. The van der Waals surface area contributed by atoms with Crippen LogP contribution in [0.5, 0.6) is 5.75 Å². The molecule has 2 rings (SSSR count). The van der Waals surface area contributed by atoms with Gasteiger partial charge in [0.25, 0.3) is 11.8 Å². The molecule has 3 N–H and O–H groups in total. The molecule has 9 heteroatoms. The fraction of sp³-hybridized carbons (Fsp3) is 0.529. The summed E-state index contributed by atoms with van der Waals surface area (Å²) in [5.74, 6) is 0.277. The minimum absolute atomic E-state index is 0.0389. The molecule has 0 aliphatic carbocycles. The second-order valence-electron chi connectivity index (χ2n) is 7.04. The molecule has 1 aliphatic rings. The van der Waals surface area contributed by atoms with Crippen LogP contribution in [-0.2, 0) is 19.4 Å². The van der Waals surface area contributed by atoms with Gasteiger partial charge in [-0.1, -0.05) is 0 Å². The molecular weight excluding hydrogens is 358 g/mol. The van der Waals surface area contributed by atoms with Gasteiger partial charge in [-0.2, -0.15) is 0 Å². The van der Waals surface area contributed by atoms with Gasteiger partial charge in [-0.15, -0.1) is 0 Å². The second kappa shape index (κ2) is 8.05. The maximum atomic E-state index is 12.2. The van der Waals surface area contributed by atoms with Crippen molar-refractivity contribution in [1.29, 1.82) is 0 Å². The SMILES string of the molecule is COc1ccc(NC(=O)C[NH+](C)CC(=O)N[C@@]2(C)CCS(=O)(=O)C2)cc1. The summed E-state index contributed by atoms with van der Waals surface area (Å²) in [6, 6.07) is 6.96. The maximum Gasteiger partial charge on any atom is 0.279 e. The van der Waals surface area contributed by atoms with Crippen LogP contribution >= 0.6 is 0 Å². The molecule has 26 heavy (non-hydrogen) atoms. The van der Waals surface area contributed by atoms with Crippen LogP contribution in [0, 0.1) is 0 Å². The van der Waals surface area contributed by atoms with Crippen molar-refractivity contribution in [2.45, 2.75) is 18.9 Å². The first-order valence-corrected chi connectivity index (χ1v) is 10.2. The zero-order chi connectivity index (χ0) is 19.4. The number of anilines is 1. The van der Waals surface area contributed by atoms with E-state index >= 15 is 0 Å². The molecule has 0 bridgehead atoms. The van der Waals surface area contributed by atoms with E-state index in [1.165, 1.54) is 0 Å². The van der Waals surface area contributed by atoms with Crippen molar-refractivity contribution >= 4 is 27.3 Å². The Kier molecular flexibility index (Phi) is 6.25. The van der Waals surface area contributed by atoms with Crippen LogP contribution in [0.1, 0.15) is 13.3 Å². The summed E-state index contributed by atoms with van der Waals surface area (Å²) in [5, 5.41) is 5.56. The summed E-state index contributed by atoms with van der Waals surface area (Å²) in [6.45, 7) is 1.95. The van der Waals surface area contributed by atoms with Gasteiger partial charge in [0, 0.05) is 5.69 Å². The minimum Gasteiger partial charge on any atom is -0.497 e. The Bertz CT molecular complexity index is 763. The third-order valence-electron chi connectivity index (χ3n) is 4.24. The van der Waals surface area contributed by atoms with Crippen molar-refractivity contribution in [3.8, 4) is 5.75 Å². The zero-order valence-corrected chi connectivity index (χ0v) is 16.1. The van der Waals surface area contributed by atoms with Gasteiger partial charge in [-0.25, -0.2) is 8.42 Å². The quantitative estimate of drug-likeness (QED) is 0.550. The Balaban J connectivity index is 1.79. The predicted molar refractivity (Wildman–Crippen MR) is 98.1 cm³/mol. The lowest BCUT2D eigenvalue weighted by Crippen LogP contribution is -3.11. The average molecular weight is 384 g/mol. The molecule has 1 aromatic carbocycles. The number of carbonyl (C=O) groups is 2. The molecule has 0 saturated carbocycles. The number of quaternary nitrogens is 1. The number of amides is 2. The number of rotatable bonds is 7. The number of nitrogens with one attached hydrogen (secondary N) is 3. The molecule has 1 aromatic rings. The summed E-state index contributed by atoms with van der Waals surface area (Å²) in [6.07, 6.45) is 0.415. The van der Waals surface area contributed by atoms with E-state index in [0.29, 0.717) is 22.8 Å². The number of hydrogen-bond donors (Lipinski definition) is 3. The van der Waals surface area contributed by atoms with E-state index in [4.69, 9.17) is 4.74 Å². The van der Waals surface area contributed by atoms with Crippen molar-refractivity contribution in [1.82, 2.24) is 5.32 Å². The topological polar surface area (TPSA) is 106 Å². The predicted octanol–water partition coefficient (Wildman–Crippen LogP) is -1.16. The molecule has 2 atom stereocenters. The minimum atomic E-state index is -3.08. The fourth-order valence-electron chi connectivity index (χ4n) is 2.98. The number of carbonyl (C=O) groups excluding carboxylic acids is 2. The number of ether oxygens (including phenoxy) is 1. The highest BCUT2D eigenvalue weighted by Gasteiger charge is 2.39. The monoisotopic (exact) mass is 384 g/mol. The van der Waals surface area contributed by atoms with Crippen LogP contribution in [-0.4, -0.2) is 64.5 Å². The molecule has 8 nitrogen and oxygen atoms in total. The first-order chi connectivity index (χ1) is 12.1. The van der Waals surface area contributed by atoms with Gasteiger partial charge in [0.2, 0.25) is 0 Å². The van der Waals surface area contributed by atoms with Crippen molar-refractivity contribution < 1.29 is 27.6 Å². The number of benzene rings is 1. The highest BCUT2D eigenvalue weighted by molar-refractivity contribution is 7.91. The highest BCUT2D eigenvalue weighted by atomic mass is 32.2. The molecule has 1 fully saturated rings. The molecular formula is C17H26N3O5S+. The maximum absolute atomic E-state index is 12.2. The van der Waals surface area contributed by atoms with E-state index in [1.54, 1.807) is 45.3 Å². The number of methoxy groups -OCH3 is 1. The van der Waals surface area contributed by atoms with Gasteiger partial charge < -0.3 is 20.3 Å². The van der Waals surface area contributed by atoms with Gasteiger partial charge in [-0.3, -0.25) is 9.59 Å². The number of hydrogen-bond acceptors (Lipinski definition) is 5. The third-order valence-corrected chi connectivity index (χ3v) is 6.15. The zero-order valence-electron chi connectivity index (χ0n) is 15.3. The first kappa shape index (κ1) is 20.2. The van der Waals surface area contributed by atoms with Crippen molar-refractivity contribution in [2.24, 2.45) is 0 Å². The molecule has 0 spiro atoms. The Morgan fingerprint density at radius 2 is 1.81 bits per heavy atom. The van der Waals surface area contributed by atoms with E-state index < -0.39 is 15.4 Å². The van der Waals surface area contributed by atoms with Crippen LogP contribution in [0.3, 0.4) is 0 Å². The van der Waals surface area contributed by atoms with Gasteiger partial charge in [0.1, 0.15) is 5.75 Å². The van der Waals surface area contributed by atoms with Gasteiger partial charge >= 0.3 is 0 Å². The van der Waals surface area contributed by atoms with Crippen LogP contribution in [0.2, 0.25) is 0 Å². The van der Waals surface area contributed by atoms with Crippen molar-refractivity contribution in [3.05, 3.63) is 24.3 Å². The van der Waals surface area contributed by atoms with E-state index in [9.17, 15) is 18.0 Å². The lowest BCUT2D eigenvalue weighted by atomic mass is 10.0. The summed E-state index contributed by atoms with van der Waals surface area (Å²) in [7, 11) is 0.224. The molecule has 0 radical (unpaired) electrons. The first-order valence-electron chi connectivity index (χ1n) is 8.37. The van der Waals surface area contributed by atoms with Crippen LogP contribution in [0.25, 0.3) is 0 Å². The lowest BCUT2D eigenvalue weighted by Gasteiger charge is -2.24. The summed E-state index contributed by atoms with van der Waals surface area (Å²) < 4.78 is 28.2. The molecule has 1 unspecified atom stereocenters. The Morgan fingerprint density at radius 3 is 2.35 bits per heavy atom. The lowest BCUT2D eigenvalue weighted by molar-refractivity contribution is -0.862. The Labute approximate surface area is 153 Å². The van der Waals surface area contributed by atoms with Crippen LogP contribution in [0.4, 0.5) is 5.69 Å². The molecule has 0 aromatic heterocycles. The standard InChI is InChI=1S/C17H25N3O5S/c1-17(8-9-26(23,24)12-17)19-16(22)11-20(2)10-15(21)18-13-4-6-14(25-3)7-5-13/h4-7H,8-12H2,1-3H3,(H,18,21)(H,19,22)/p+1/t17-/m0/s1. The van der Waals surface area contributed by atoms with E-state index in [2.05, 4.69) is 10.6 Å². The Hall–Kier alpha value is -2.13. The van der Waals surface area contributed by atoms with Gasteiger partial charge in [-0.05, 0) is 37.6 Å².